The van der Waals surface area contributed by atoms with Crippen molar-refractivity contribution in [1.29, 1.82) is 0 Å². The minimum absolute atomic E-state index is 0.119. The number of hydrogen-bond acceptors (Lipinski definition) is 5. The van der Waals surface area contributed by atoms with Crippen LogP contribution >= 0.6 is 0 Å². The maximum absolute atomic E-state index is 10.9. The Bertz CT molecular complexity index is 298. The largest absolute Gasteiger partial charge is 0.481 e. The highest BCUT2D eigenvalue weighted by Crippen LogP contribution is 2.22. The van der Waals surface area contributed by atoms with Gasteiger partial charge in [-0.3, -0.25) is 14.4 Å². The maximum atomic E-state index is 10.9. The van der Waals surface area contributed by atoms with Crippen LogP contribution in [0.15, 0.2) is 0 Å². The van der Waals surface area contributed by atoms with Crippen molar-refractivity contribution in [1.82, 2.24) is 0 Å². The zero-order valence-corrected chi connectivity index (χ0v) is 8.97. The molecule has 6 heteroatoms. The molecule has 1 N–H and O–H groups in total. The van der Waals surface area contributed by atoms with E-state index in [9.17, 15) is 14.4 Å². The molecule has 6 nitrogen and oxygen atoms in total. The lowest BCUT2D eigenvalue weighted by Gasteiger charge is -2.21. The van der Waals surface area contributed by atoms with Gasteiger partial charge in [0.2, 0.25) is 0 Å². The van der Waals surface area contributed by atoms with Crippen LogP contribution in [0, 0.1) is 0 Å². The fraction of sp³-hybridized carbons (Fsp3) is 0.700. The number of ether oxygens (including phenoxy) is 2. The molecule has 1 fully saturated rings. The predicted molar refractivity (Wildman–Crippen MR) is 51.5 cm³/mol. The monoisotopic (exact) mass is 230 g/mol. The second-order valence-electron chi connectivity index (χ2n) is 3.65. The van der Waals surface area contributed by atoms with Gasteiger partial charge in [-0.2, -0.15) is 0 Å². The van der Waals surface area contributed by atoms with Crippen molar-refractivity contribution < 1.29 is 29.0 Å². The van der Waals surface area contributed by atoms with E-state index in [1.54, 1.807) is 0 Å². The summed E-state index contributed by atoms with van der Waals surface area (Å²) in [4.78, 5) is 32.2. The average Bonchev–Trinajstić information content (AvgIpc) is 2.58. The molecule has 2 atom stereocenters. The summed E-state index contributed by atoms with van der Waals surface area (Å²) in [5, 5.41) is 8.54. The lowest BCUT2D eigenvalue weighted by molar-refractivity contribution is -0.161. The highest BCUT2D eigenvalue weighted by atomic mass is 16.6. The van der Waals surface area contributed by atoms with E-state index in [4.69, 9.17) is 14.6 Å². The number of carboxylic acid groups (broad SMARTS) is 1. The van der Waals surface area contributed by atoms with Crippen molar-refractivity contribution in [3.8, 4) is 0 Å². The first-order chi connectivity index (χ1) is 7.49. The van der Waals surface area contributed by atoms with Crippen LogP contribution in [0.5, 0.6) is 0 Å². The molecule has 0 unspecified atom stereocenters. The summed E-state index contributed by atoms with van der Waals surface area (Å²) in [5.41, 5.74) is 0. The third-order valence-corrected chi connectivity index (χ3v) is 2.29. The van der Waals surface area contributed by atoms with Gasteiger partial charge < -0.3 is 14.6 Å². The van der Waals surface area contributed by atoms with Crippen molar-refractivity contribution in [2.75, 3.05) is 0 Å². The lowest BCUT2D eigenvalue weighted by atomic mass is 10.1. The SMILES string of the molecule is CC(=O)O[C@H](CCC(=O)O)[C@H]1CCC(=O)O1. The zero-order valence-electron chi connectivity index (χ0n) is 8.97. The van der Waals surface area contributed by atoms with Crippen molar-refractivity contribution in [2.45, 2.75) is 44.8 Å². The third-order valence-electron chi connectivity index (χ3n) is 2.29. The molecule has 16 heavy (non-hydrogen) atoms. The minimum Gasteiger partial charge on any atom is -0.481 e. The summed E-state index contributed by atoms with van der Waals surface area (Å²) in [6.45, 7) is 1.24. The highest BCUT2D eigenvalue weighted by molar-refractivity contribution is 5.72. The van der Waals surface area contributed by atoms with Crippen LogP contribution < -0.4 is 0 Å². The Kier molecular flexibility index (Phi) is 4.28. The molecular formula is C10H14O6. The van der Waals surface area contributed by atoms with Gasteiger partial charge in [0.1, 0.15) is 12.2 Å². The van der Waals surface area contributed by atoms with Gasteiger partial charge in [0, 0.05) is 19.8 Å². The van der Waals surface area contributed by atoms with Crippen LogP contribution in [0.3, 0.4) is 0 Å². The molecule has 1 saturated heterocycles. The molecule has 0 aliphatic carbocycles. The number of rotatable bonds is 5. The van der Waals surface area contributed by atoms with Gasteiger partial charge >= 0.3 is 17.9 Å². The Morgan fingerprint density at radius 3 is 2.75 bits per heavy atom. The molecule has 1 heterocycles. The topological polar surface area (TPSA) is 89.9 Å². The van der Waals surface area contributed by atoms with Gasteiger partial charge in [0.25, 0.3) is 0 Å². The molecule has 1 aliphatic rings. The highest BCUT2D eigenvalue weighted by Gasteiger charge is 2.33. The predicted octanol–water partition coefficient (Wildman–Crippen LogP) is 0.488. The molecule has 0 saturated carbocycles. The molecule has 0 radical (unpaired) electrons. The van der Waals surface area contributed by atoms with Crippen LogP contribution in [-0.4, -0.2) is 35.2 Å². The first-order valence-electron chi connectivity index (χ1n) is 5.07. The summed E-state index contributed by atoms with van der Waals surface area (Å²) in [5.74, 6) is -1.81. The van der Waals surface area contributed by atoms with Crippen molar-refractivity contribution in [3.63, 3.8) is 0 Å². The summed E-state index contributed by atoms with van der Waals surface area (Å²) < 4.78 is 9.90. The molecule has 0 aromatic carbocycles. The van der Waals surface area contributed by atoms with Crippen molar-refractivity contribution in [2.24, 2.45) is 0 Å². The maximum Gasteiger partial charge on any atom is 0.306 e. The molecule has 0 aromatic heterocycles. The first kappa shape index (κ1) is 12.5. The van der Waals surface area contributed by atoms with Crippen LogP contribution in [0.2, 0.25) is 0 Å². The van der Waals surface area contributed by atoms with E-state index in [2.05, 4.69) is 0 Å². The van der Waals surface area contributed by atoms with Gasteiger partial charge in [-0.1, -0.05) is 0 Å². The van der Waals surface area contributed by atoms with Crippen molar-refractivity contribution in [3.05, 3.63) is 0 Å². The molecule has 0 spiro atoms. The fourth-order valence-corrected chi connectivity index (χ4v) is 1.61. The molecule has 1 rings (SSSR count). The Morgan fingerprint density at radius 1 is 1.62 bits per heavy atom. The third kappa shape index (κ3) is 3.88. The number of carbonyl (C=O) groups excluding carboxylic acids is 2. The second kappa shape index (κ2) is 5.48. The lowest BCUT2D eigenvalue weighted by Crippen LogP contribution is -2.31. The van der Waals surface area contributed by atoms with E-state index in [1.807, 2.05) is 0 Å². The number of esters is 2. The van der Waals surface area contributed by atoms with Crippen molar-refractivity contribution >= 4 is 17.9 Å². The standard InChI is InChI=1S/C10H14O6/c1-6(11)15-7(2-4-9(12)13)8-3-5-10(14)16-8/h7-8H,2-5H2,1H3,(H,12,13)/t7-,8-/m1/s1. The molecule has 0 aromatic rings. The van der Waals surface area contributed by atoms with E-state index >= 15 is 0 Å². The van der Waals surface area contributed by atoms with Crippen LogP contribution in [0.4, 0.5) is 0 Å². The molecule has 1 aliphatic heterocycles. The first-order valence-corrected chi connectivity index (χ1v) is 5.07. The quantitative estimate of drug-likeness (QED) is 0.691. The van der Waals surface area contributed by atoms with E-state index < -0.39 is 24.1 Å². The summed E-state index contributed by atoms with van der Waals surface area (Å²) in [6, 6.07) is 0. The van der Waals surface area contributed by atoms with Gasteiger partial charge in [-0.25, -0.2) is 0 Å². The van der Waals surface area contributed by atoms with E-state index in [-0.39, 0.29) is 25.2 Å². The van der Waals surface area contributed by atoms with Crippen LogP contribution in [0.1, 0.15) is 32.6 Å². The van der Waals surface area contributed by atoms with Gasteiger partial charge in [0.15, 0.2) is 0 Å². The van der Waals surface area contributed by atoms with Crippen LogP contribution in [0.25, 0.3) is 0 Å². The van der Waals surface area contributed by atoms with E-state index in [0.717, 1.165) is 0 Å². The van der Waals surface area contributed by atoms with Gasteiger partial charge in [-0.05, 0) is 12.8 Å². The number of aliphatic carboxylic acids is 1. The summed E-state index contributed by atoms with van der Waals surface area (Å²) in [7, 11) is 0. The summed E-state index contributed by atoms with van der Waals surface area (Å²) in [6.07, 6.45) is -0.360. The number of cyclic esters (lactones) is 1. The van der Waals surface area contributed by atoms with E-state index in [1.165, 1.54) is 6.92 Å². The summed E-state index contributed by atoms with van der Waals surface area (Å²) >= 11 is 0. The Balaban J connectivity index is 2.52. The van der Waals surface area contributed by atoms with E-state index in [0.29, 0.717) is 6.42 Å². The Labute approximate surface area is 92.5 Å². The molecule has 0 amide bonds. The van der Waals surface area contributed by atoms with Gasteiger partial charge in [-0.15, -0.1) is 0 Å². The zero-order chi connectivity index (χ0) is 12.1. The fourth-order valence-electron chi connectivity index (χ4n) is 1.61. The average molecular weight is 230 g/mol. The number of hydrogen-bond donors (Lipinski definition) is 1. The molecule has 0 bridgehead atoms. The van der Waals surface area contributed by atoms with Crippen LogP contribution in [-0.2, 0) is 23.9 Å². The Hall–Kier alpha value is -1.59. The normalized spacial score (nSPS) is 21.3. The smallest absolute Gasteiger partial charge is 0.306 e. The number of carbonyl (C=O) groups is 3. The number of carboxylic acids is 1. The minimum atomic E-state index is -0.971. The Morgan fingerprint density at radius 2 is 2.31 bits per heavy atom. The van der Waals surface area contributed by atoms with Gasteiger partial charge in [0.05, 0.1) is 0 Å². The molecular weight excluding hydrogens is 216 g/mol. The second-order valence-corrected chi connectivity index (χ2v) is 3.65. The molecule has 90 valence electrons.